The van der Waals surface area contributed by atoms with E-state index in [1.165, 1.54) is 14.2 Å². The standard InChI is InChI=1S/C19H28N2O5/c1-17(2,14(22)25-6)18(3,4)20-16(24)21-19(5,15(23)26-7)13-11-9-8-10-12-13/h8-12H,1-7H3,(H2,20,21,24). The fourth-order valence-corrected chi connectivity index (χ4v) is 2.43. The molecule has 0 saturated heterocycles. The van der Waals surface area contributed by atoms with E-state index in [2.05, 4.69) is 10.6 Å². The lowest BCUT2D eigenvalue weighted by molar-refractivity contribution is -0.155. The summed E-state index contributed by atoms with van der Waals surface area (Å²) >= 11 is 0. The second-order valence-corrected chi connectivity index (χ2v) is 7.30. The first-order valence-electron chi connectivity index (χ1n) is 8.25. The largest absolute Gasteiger partial charge is 0.469 e. The molecule has 0 saturated carbocycles. The van der Waals surface area contributed by atoms with Gasteiger partial charge in [-0.1, -0.05) is 30.3 Å². The highest BCUT2D eigenvalue weighted by Crippen LogP contribution is 2.32. The highest BCUT2D eigenvalue weighted by Gasteiger charge is 2.46. The summed E-state index contributed by atoms with van der Waals surface area (Å²) in [5, 5.41) is 5.43. The lowest BCUT2D eigenvalue weighted by atomic mass is 9.74. The third-order valence-corrected chi connectivity index (χ3v) is 4.99. The van der Waals surface area contributed by atoms with Crippen molar-refractivity contribution in [2.75, 3.05) is 14.2 Å². The van der Waals surface area contributed by atoms with Gasteiger partial charge in [0.05, 0.1) is 25.2 Å². The van der Waals surface area contributed by atoms with Crippen molar-refractivity contribution < 1.29 is 23.9 Å². The van der Waals surface area contributed by atoms with E-state index in [4.69, 9.17) is 9.47 Å². The topological polar surface area (TPSA) is 93.7 Å². The summed E-state index contributed by atoms with van der Waals surface area (Å²) in [5.74, 6) is -1.06. The number of benzene rings is 1. The zero-order valence-corrected chi connectivity index (χ0v) is 16.4. The molecule has 2 N–H and O–H groups in total. The number of hydrogen-bond donors (Lipinski definition) is 2. The van der Waals surface area contributed by atoms with E-state index < -0.39 is 34.5 Å². The van der Waals surface area contributed by atoms with Crippen molar-refractivity contribution in [2.24, 2.45) is 5.41 Å². The fraction of sp³-hybridized carbons (Fsp3) is 0.526. The molecule has 0 aliphatic carbocycles. The van der Waals surface area contributed by atoms with Crippen LogP contribution in [0.4, 0.5) is 4.79 Å². The van der Waals surface area contributed by atoms with E-state index in [1.54, 1.807) is 58.9 Å². The molecule has 0 fully saturated rings. The summed E-state index contributed by atoms with van der Waals surface area (Å²) < 4.78 is 9.69. The molecule has 0 spiro atoms. The molecule has 0 aliphatic heterocycles. The number of methoxy groups -OCH3 is 2. The van der Waals surface area contributed by atoms with Crippen LogP contribution in [0.3, 0.4) is 0 Å². The number of nitrogens with one attached hydrogen (secondary N) is 2. The maximum Gasteiger partial charge on any atom is 0.336 e. The number of urea groups is 1. The van der Waals surface area contributed by atoms with Gasteiger partial charge in [-0.25, -0.2) is 9.59 Å². The van der Waals surface area contributed by atoms with Crippen LogP contribution in [0.5, 0.6) is 0 Å². The van der Waals surface area contributed by atoms with E-state index in [1.807, 2.05) is 6.07 Å². The van der Waals surface area contributed by atoms with Crippen LogP contribution in [0.1, 0.15) is 40.2 Å². The summed E-state index contributed by atoms with van der Waals surface area (Å²) in [4.78, 5) is 37.0. The first kappa shape index (κ1) is 21.5. The average molecular weight is 364 g/mol. The summed E-state index contributed by atoms with van der Waals surface area (Å²) in [6.07, 6.45) is 0. The summed E-state index contributed by atoms with van der Waals surface area (Å²) in [5.41, 5.74) is -2.75. The second-order valence-electron chi connectivity index (χ2n) is 7.30. The molecular formula is C19H28N2O5. The molecule has 0 radical (unpaired) electrons. The lowest BCUT2D eigenvalue weighted by Gasteiger charge is -2.40. The SMILES string of the molecule is COC(=O)C(C)(NC(=O)NC(C)(C)C(C)(C)C(=O)OC)c1ccccc1. The Hall–Kier alpha value is -2.57. The fourth-order valence-electron chi connectivity index (χ4n) is 2.43. The molecule has 0 heterocycles. The third kappa shape index (κ3) is 4.15. The molecule has 144 valence electrons. The third-order valence-electron chi connectivity index (χ3n) is 4.99. The minimum atomic E-state index is -1.38. The van der Waals surface area contributed by atoms with E-state index in [-0.39, 0.29) is 0 Å². The molecule has 2 amide bonds. The van der Waals surface area contributed by atoms with Gasteiger partial charge in [-0.05, 0) is 40.2 Å². The number of hydrogen-bond acceptors (Lipinski definition) is 5. The maximum atomic E-state index is 12.6. The summed E-state index contributed by atoms with van der Waals surface area (Å²) in [7, 11) is 2.55. The van der Waals surface area contributed by atoms with E-state index in [0.717, 1.165) is 0 Å². The molecule has 7 nitrogen and oxygen atoms in total. The first-order valence-corrected chi connectivity index (χ1v) is 8.25. The van der Waals surface area contributed by atoms with Crippen molar-refractivity contribution in [1.29, 1.82) is 0 Å². The van der Waals surface area contributed by atoms with Crippen LogP contribution in [0.15, 0.2) is 30.3 Å². The Morgan fingerprint density at radius 3 is 1.77 bits per heavy atom. The Morgan fingerprint density at radius 1 is 0.808 bits per heavy atom. The zero-order chi connectivity index (χ0) is 20.2. The van der Waals surface area contributed by atoms with Crippen molar-refractivity contribution >= 4 is 18.0 Å². The minimum Gasteiger partial charge on any atom is -0.469 e. The van der Waals surface area contributed by atoms with Crippen molar-refractivity contribution in [3.8, 4) is 0 Å². The van der Waals surface area contributed by atoms with Gasteiger partial charge >= 0.3 is 18.0 Å². The predicted octanol–water partition coefficient (Wildman–Crippen LogP) is 2.35. The Bertz CT molecular complexity index is 670. The van der Waals surface area contributed by atoms with E-state index in [9.17, 15) is 14.4 Å². The van der Waals surface area contributed by atoms with Crippen LogP contribution >= 0.6 is 0 Å². The van der Waals surface area contributed by atoms with E-state index >= 15 is 0 Å². The Labute approximate surface area is 154 Å². The second kappa shape index (κ2) is 7.76. The van der Waals surface area contributed by atoms with Gasteiger partial charge in [-0.15, -0.1) is 0 Å². The number of carbonyl (C=O) groups is 3. The van der Waals surface area contributed by atoms with Crippen molar-refractivity contribution in [3.05, 3.63) is 35.9 Å². The van der Waals surface area contributed by atoms with Crippen LogP contribution in [0, 0.1) is 5.41 Å². The van der Waals surface area contributed by atoms with Gasteiger partial charge in [0, 0.05) is 0 Å². The quantitative estimate of drug-likeness (QED) is 0.756. The normalized spacial score (nSPS) is 14.0. The minimum absolute atomic E-state index is 0.457. The van der Waals surface area contributed by atoms with Gasteiger partial charge in [-0.2, -0.15) is 0 Å². The van der Waals surface area contributed by atoms with Crippen LogP contribution < -0.4 is 10.6 Å². The van der Waals surface area contributed by atoms with Gasteiger partial charge in [0.25, 0.3) is 0 Å². The summed E-state index contributed by atoms with van der Waals surface area (Å²) in [6.45, 7) is 8.33. The molecule has 1 aromatic rings. The smallest absolute Gasteiger partial charge is 0.336 e. The molecule has 26 heavy (non-hydrogen) atoms. The average Bonchev–Trinajstić information content (AvgIpc) is 2.59. The molecule has 1 rings (SSSR count). The van der Waals surface area contributed by atoms with Crippen LogP contribution in [-0.4, -0.2) is 37.7 Å². The molecule has 0 aliphatic rings. The molecular weight excluding hydrogens is 336 g/mol. The van der Waals surface area contributed by atoms with Gasteiger partial charge in [-0.3, -0.25) is 4.79 Å². The number of amides is 2. The molecule has 0 bridgehead atoms. The van der Waals surface area contributed by atoms with Crippen molar-refractivity contribution in [3.63, 3.8) is 0 Å². The van der Waals surface area contributed by atoms with Gasteiger partial charge in [0.1, 0.15) is 0 Å². The van der Waals surface area contributed by atoms with Crippen LogP contribution in [0.25, 0.3) is 0 Å². The summed E-state index contributed by atoms with van der Waals surface area (Å²) in [6, 6.07) is 8.18. The Balaban J connectivity index is 3.09. The molecule has 1 atom stereocenters. The molecule has 1 aromatic carbocycles. The van der Waals surface area contributed by atoms with Gasteiger partial charge in [0.2, 0.25) is 0 Å². The Morgan fingerprint density at radius 2 is 1.31 bits per heavy atom. The number of rotatable bonds is 6. The van der Waals surface area contributed by atoms with Crippen LogP contribution in [0.2, 0.25) is 0 Å². The van der Waals surface area contributed by atoms with E-state index in [0.29, 0.717) is 5.56 Å². The predicted molar refractivity (Wildman–Crippen MR) is 97.4 cm³/mol. The van der Waals surface area contributed by atoms with Crippen LogP contribution in [-0.2, 0) is 24.6 Å². The molecule has 0 aromatic heterocycles. The maximum absolute atomic E-state index is 12.6. The lowest BCUT2D eigenvalue weighted by Crippen LogP contribution is -2.62. The van der Waals surface area contributed by atoms with Gasteiger partial charge in [0.15, 0.2) is 5.54 Å². The highest BCUT2D eigenvalue weighted by molar-refractivity contribution is 5.89. The molecule has 1 unspecified atom stereocenters. The van der Waals surface area contributed by atoms with Crippen molar-refractivity contribution in [2.45, 2.75) is 45.7 Å². The monoisotopic (exact) mass is 364 g/mol. The highest BCUT2D eigenvalue weighted by atomic mass is 16.5. The first-order chi connectivity index (χ1) is 11.9. The van der Waals surface area contributed by atoms with Gasteiger partial charge < -0.3 is 20.1 Å². The number of ether oxygens (including phenoxy) is 2. The zero-order valence-electron chi connectivity index (χ0n) is 16.4. The number of carbonyl (C=O) groups excluding carboxylic acids is 3. The Kier molecular flexibility index (Phi) is 6.41. The molecule has 7 heteroatoms. The number of esters is 2. The van der Waals surface area contributed by atoms with Crippen molar-refractivity contribution in [1.82, 2.24) is 10.6 Å².